The third-order valence-electron chi connectivity index (χ3n) is 4.50. The van der Waals surface area contributed by atoms with Gasteiger partial charge in [0.2, 0.25) is 0 Å². The molecule has 0 aliphatic carbocycles. The summed E-state index contributed by atoms with van der Waals surface area (Å²) in [7, 11) is 0. The fourth-order valence-corrected chi connectivity index (χ4v) is 3.67. The highest BCUT2D eigenvalue weighted by atomic mass is 35.5. The highest BCUT2D eigenvalue weighted by Crippen LogP contribution is 2.22. The molecule has 1 fully saturated rings. The van der Waals surface area contributed by atoms with E-state index in [1.807, 2.05) is 48.7 Å². The SMILES string of the molecule is O=C1/C(=C\c2cnn(Cc3ccccc3Cl)c2)NC(=S)N1Cc1ccccc1Cl. The molecule has 2 aromatic carbocycles. The lowest BCUT2D eigenvalue weighted by atomic mass is 10.2. The number of thiocarbonyl (C=S) groups is 1. The summed E-state index contributed by atoms with van der Waals surface area (Å²) in [6, 6.07) is 15.0. The number of hydrogen-bond donors (Lipinski definition) is 1. The van der Waals surface area contributed by atoms with Crippen molar-refractivity contribution in [1.29, 1.82) is 0 Å². The Bertz CT molecular complexity index is 1130. The fraction of sp³-hybridized carbons (Fsp3) is 0.0952. The van der Waals surface area contributed by atoms with E-state index in [1.54, 1.807) is 23.0 Å². The van der Waals surface area contributed by atoms with Gasteiger partial charge in [0.25, 0.3) is 5.91 Å². The summed E-state index contributed by atoms with van der Waals surface area (Å²) in [5, 5.41) is 8.97. The molecule has 0 saturated carbocycles. The number of aromatic nitrogens is 2. The molecule has 1 aromatic heterocycles. The zero-order chi connectivity index (χ0) is 20.4. The van der Waals surface area contributed by atoms with Crippen molar-refractivity contribution in [2.45, 2.75) is 13.1 Å². The van der Waals surface area contributed by atoms with E-state index >= 15 is 0 Å². The normalized spacial score (nSPS) is 15.2. The molecule has 1 aliphatic heterocycles. The van der Waals surface area contributed by atoms with Crippen LogP contribution in [-0.2, 0) is 17.9 Å². The first-order chi connectivity index (χ1) is 14.0. The van der Waals surface area contributed by atoms with E-state index in [0.29, 0.717) is 33.9 Å². The number of rotatable bonds is 5. The molecule has 2 heterocycles. The van der Waals surface area contributed by atoms with Crippen LogP contribution in [0.3, 0.4) is 0 Å². The van der Waals surface area contributed by atoms with Gasteiger partial charge in [-0.2, -0.15) is 5.10 Å². The predicted octanol–water partition coefficient (Wildman–Crippen LogP) is 4.50. The van der Waals surface area contributed by atoms with E-state index in [0.717, 1.165) is 16.7 Å². The van der Waals surface area contributed by atoms with E-state index in [2.05, 4.69) is 10.4 Å². The van der Waals surface area contributed by atoms with Crippen molar-refractivity contribution in [2.24, 2.45) is 0 Å². The molecule has 3 aromatic rings. The molecule has 1 amide bonds. The summed E-state index contributed by atoms with van der Waals surface area (Å²) in [4.78, 5) is 14.3. The van der Waals surface area contributed by atoms with Crippen molar-refractivity contribution in [1.82, 2.24) is 20.0 Å². The molecule has 146 valence electrons. The van der Waals surface area contributed by atoms with Gasteiger partial charge < -0.3 is 5.32 Å². The predicted molar refractivity (Wildman–Crippen MR) is 118 cm³/mol. The topological polar surface area (TPSA) is 50.2 Å². The Balaban J connectivity index is 1.50. The number of nitrogens with zero attached hydrogens (tertiary/aromatic N) is 3. The highest BCUT2D eigenvalue weighted by Gasteiger charge is 2.31. The number of nitrogens with one attached hydrogen (secondary N) is 1. The second-order valence-corrected chi connectivity index (χ2v) is 7.73. The first-order valence-corrected chi connectivity index (χ1v) is 10.0. The molecule has 0 radical (unpaired) electrons. The van der Waals surface area contributed by atoms with Crippen molar-refractivity contribution in [3.63, 3.8) is 0 Å². The monoisotopic (exact) mass is 442 g/mol. The van der Waals surface area contributed by atoms with Gasteiger partial charge in [0.1, 0.15) is 5.70 Å². The largest absolute Gasteiger partial charge is 0.328 e. The minimum atomic E-state index is -0.200. The lowest BCUT2D eigenvalue weighted by Crippen LogP contribution is -2.30. The Kier molecular flexibility index (Phi) is 5.67. The molecule has 0 bridgehead atoms. The van der Waals surface area contributed by atoms with Gasteiger partial charge in [-0.1, -0.05) is 59.6 Å². The fourth-order valence-electron chi connectivity index (χ4n) is 3.02. The number of amides is 1. The maximum absolute atomic E-state index is 12.8. The van der Waals surface area contributed by atoms with Gasteiger partial charge in [0, 0.05) is 21.8 Å². The summed E-state index contributed by atoms with van der Waals surface area (Å²) < 4.78 is 1.77. The molecule has 1 aliphatic rings. The van der Waals surface area contributed by atoms with Crippen molar-refractivity contribution in [3.05, 3.63) is 93.4 Å². The quantitative estimate of drug-likeness (QED) is 0.466. The van der Waals surface area contributed by atoms with Crippen LogP contribution in [0, 0.1) is 0 Å². The molecule has 1 saturated heterocycles. The van der Waals surface area contributed by atoms with Crippen LogP contribution in [0.4, 0.5) is 0 Å². The summed E-state index contributed by atoms with van der Waals surface area (Å²) in [6.45, 7) is 0.856. The minimum Gasteiger partial charge on any atom is -0.328 e. The van der Waals surface area contributed by atoms with E-state index < -0.39 is 0 Å². The van der Waals surface area contributed by atoms with Crippen molar-refractivity contribution >= 4 is 52.5 Å². The third kappa shape index (κ3) is 4.34. The van der Waals surface area contributed by atoms with Crippen molar-refractivity contribution in [2.75, 3.05) is 0 Å². The minimum absolute atomic E-state index is 0.200. The van der Waals surface area contributed by atoms with Gasteiger partial charge in [0.05, 0.1) is 19.3 Å². The summed E-state index contributed by atoms with van der Waals surface area (Å²) in [5.41, 5.74) is 2.99. The molecular formula is C21H16Cl2N4OS. The molecular weight excluding hydrogens is 427 g/mol. The number of halogens is 2. The molecule has 1 N–H and O–H groups in total. The number of hydrogen-bond acceptors (Lipinski definition) is 3. The van der Waals surface area contributed by atoms with Crippen molar-refractivity contribution < 1.29 is 4.79 Å². The van der Waals surface area contributed by atoms with Crippen LogP contribution in [0.5, 0.6) is 0 Å². The molecule has 8 heteroatoms. The first-order valence-electron chi connectivity index (χ1n) is 8.85. The Hall–Kier alpha value is -2.67. The molecule has 0 unspecified atom stereocenters. The Morgan fingerprint density at radius 3 is 2.28 bits per heavy atom. The van der Waals surface area contributed by atoms with Crippen LogP contribution >= 0.6 is 35.4 Å². The van der Waals surface area contributed by atoms with Crippen LogP contribution in [-0.4, -0.2) is 25.7 Å². The van der Waals surface area contributed by atoms with Crippen LogP contribution in [0.2, 0.25) is 10.0 Å². The number of carbonyl (C=O) groups is 1. The summed E-state index contributed by atoms with van der Waals surface area (Å²) in [6.07, 6.45) is 5.28. The smallest absolute Gasteiger partial charge is 0.276 e. The number of carbonyl (C=O) groups excluding carboxylic acids is 1. The molecule has 0 spiro atoms. The second kappa shape index (κ2) is 8.37. The Morgan fingerprint density at radius 2 is 1.62 bits per heavy atom. The van der Waals surface area contributed by atoms with Gasteiger partial charge in [-0.05, 0) is 41.6 Å². The lowest BCUT2D eigenvalue weighted by Gasteiger charge is -2.14. The van der Waals surface area contributed by atoms with E-state index in [-0.39, 0.29) is 5.91 Å². The van der Waals surface area contributed by atoms with Gasteiger partial charge >= 0.3 is 0 Å². The third-order valence-corrected chi connectivity index (χ3v) is 5.56. The van der Waals surface area contributed by atoms with Crippen LogP contribution in [0.25, 0.3) is 6.08 Å². The van der Waals surface area contributed by atoms with Gasteiger partial charge in [-0.25, -0.2) is 0 Å². The number of benzene rings is 2. The van der Waals surface area contributed by atoms with Crippen LogP contribution in [0.1, 0.15) is 16.7 Å². The first kappa shape index (κ1) is 19.6. The second-order valence-electron chi connectivity index (χ2n) is 6.53. The zero-order valence-electron chi connectivity index (χ0n) is 15.2. The van der Waals surface area contributed by atoms with E-state index in [9.17, 15) is 4.79 Å². The van der Waals surface area contributed by atoms with E-state index in [1.165, 1.54) is 4.90 Å². The van der Waals surface area contributed by atoms with Gasteiger partial charge in [0.15, 0.2) is 5.11 Å². The van der Waals surface area contributed by atoms with Crippen molar-refractivity contribution in [3.8, 4) is 0 Å². The zero-order valence-corrected chi connectivity index (χ0v) is 17.5. The average Bonchev–Trinajstić information content (AvgIpc) is 3.25. The molecule has 4 rings (SSSR count). The Morgan fingerprint density at radius 1 is 1.00 bits per heavy atom. The van der Waals surface area contributed by atoms with Crippen LogP contribution < -0.4 is 5.32 Å². The molecule has 0 atom stereocenters. The maximum atomic E-state index is 12.8. The standard InChI is InChI=1S/C21H16Cl2N4OS/c22-17-7-3-1-5-15(17)12-26-11-14(10-24-26)9-19-20(28)27(21(29)25-19)13-16-6-2-4-8-18(16)23/h1-11H,12-13H2,(H,25,29)/b19-9+. The lowest BCUT2D eigenvalue weighted by molar-refractivity contribution is -0.122. The van der Waals surface area contributed by atoms with E-state index in [4.69, 9.17) is 35.4 Å². The molecule has 5 nitrogen and oxygen atoms in total. The van der Waals surface area contributed by atoms with Gasteiger partial charge in [-0.15, -0.1) is 0 Å². The Labute approximate surface area is 183 Å². The van der Waals surface area contributed by atoms with Gasteiger partial charge in [-0.3, -0.25) is 14.4 Å². The highest BCUT2D eigenvalue weighted by molar-refractivity contribution is 7.80. The average molecular weight is 443 g/mol. The van der Waals surface area contributed by atoms with Crippen LogP contribution in [0.15, 0.2) is 66.6 Å². The summed E-state index contributed by atoms with van der Waals surface area (Å²) >= 11 is 17.8. The maximum Gasteiger partial charge on any atom is 0.276 e. The molecule has 29 heavy (non-hydrogen) atoms. The summed E-state index contributed by atoms with van der Waals surface area (Å²) in [5.74, 6) is -0.200.